The maximum absolute atomic E-state index is 13.9. The van der Waals surface area contributed by atoms with E-state index in [-0.39, 0.29) is 17.9 Å². The first-order valence-electron chi connectivity index (χ1n) is 13.9. The molecular formula is C33H40N2O3S. The van der Waals surface area contributed by atoms with Gasteiger partial charge in [-0.25, -0.2) is 0 Å². The second-order valence-corrected chi connectivity index (χ2v) is 11.4. The number of nitrogens with one attached hydrogen (secondary N) is 1. The van der Waals surface area contributed by atoms with Crippen LogP contribution in [0.25, 0.3) is 0 Å². The summed E-state index contributed by atoms with van der Waals surface area (Å²) in [6.45, 7) is 2.42. The molecule has 4 rings (SSSR count). The number of rotatable bonds is 12. The van der Waals surface area contributed by atoms with Crippen LogP contribution >= 0.6 is 11.8 Å². The SMILES string of the molecule is COc1cccc(CN(C(=O)CSCc2ccc(C)cc2)C(Cc2ccccc2)C(=O)NC2CCCCC2)c1. The van der Waals surface area contributed by atoms with Crippen LogP contribution < -0.4 is 10.1 Å². The first-order chi connectivity index (χ1) is 19.0. The van der Waals surface area contributed by atoms with Gasteiger partial charge >= 0.3 is 0 Å². The quantitative estimate of drug-likeness (QED) is 0.290. The number of hydrogen-bond acceptors (Lipinski definition) is 4. The Morgan fingerprint density at radius 2 is 1.64 bits per heavy atom. The predicted octanol–water partition coefficient (Wildman–Crippen LogP) is 6.33. The minimum absolute atomic E-state index is 0.0327. The van der Waals surface area contributed by atoms with Gasteiger partial charge in [-0.05, 0) is 48.6 Å². The third-order valence-corrected chi connectivity index (χ3v) is 8.31. The monoisotopic (exact) mass is 544 g/mol. The minimum Gasteiger partial charge on any atom is -0.497 e. The summed E-state index contributed by atoms with van der Waals surface area (Å²) in [5.74, 6) is 1.69. The third kappa shape index (κ3) is 8.89. The van der Waals surface area contributed by atoms with Crippen molar-refractivity contribution in [2.24, 2.45) is 0 Å². The van der Waals surface area contributed by atoms with Gasteiger partial charge in [0, 0.05) is 24.8 Å². The largest absolute Gasteiger partial charge is 0.497 e. The number of thioether (sulfide) groups is 1. The molecule has 0 saturated heterocycles. The zero-order valence-corrected chi connectivity index (χ0v) is 23.9. The minimum atomic E-state index is -0.604. The molecule has 5 nitrogen and oxygen atoms in total. The second kappa shape index (κ2) is 14.8. The molecule has 0 spiro atoms. The molecular weight excluding hydrogens is 504 g/mol. The van der Waals surface area contributed by atoms with Gasteiger partial charge in [-0.2, -0.15) is 0 Å². The number of benzene rings is 3. The summed E-state index contributed by atoms with van der Waals surface area (Å²) < 4.78 is 5.44. The summed E-state index contributed by atoms with van der Waals surface area (Å²) in [7, 11) is 1.64. The van der Waals surface area contributed by atoms with Crippen molar-refractivity contribution in [2.75, 3.05) is 12.9 Å². The maximum atomic E-state index is 13.9. The summed E-state index contributed by atoms with van der Waals surface area (Å²) in [6.07, 6.45) is 5.96. The van der Waals surface area contributed by atoms with Crippen LogP contribution in [0, 0.1) is 6.92 Å². The fraction of sp³-hybridized carbons (Fsp3) is 0.394. The number of methoxy groups -OCH3 is 1. The van der Waals surface area contributed by atoms with Crippen LogP contribution in [0.1, 0.15) is 54.4 Å². The van der Waals surface area contributed by atoms with Gasteiger partial charge in [0.05, 0.1) is 12.9 Å². The lowest BCUT2D eigenvalue weighted by Crippen LogP contribution is -2.53. The van der Waals surface area contributed by atoms with Crippen LogP contribution in [0.3, 0.4) is 0 Å². The summed E-state index contributed by atoms with van der Waals surface area (Å²) in [4.78, 5) is 29.5. The molecule has 1 saturated carbocycles. The van der Waals surface area contributed by atoms with E-state index in [4.69, 9.17) is 4.74 Å². The molecule has 39 heavy (non-hydrogen) atoms. The standard InChI is InChI=1S/C33H40N2O3S/c1-25-16-18-27(19-17-25)23-39-24-32(36)35(22-28-12-9-15-30(20-28)38-2)31(21-26-10-5-3-6-11-26)33(37)34-29-13-7-4-8-14-29/h3,5-6,9-12,15-20,29,31H,4,7-8,13-14,21-24H2,1-2H3,(H,34,37). The Balaban J connectivity index is 1.57. The zero-order valence-electron chi connectivity index (χ0n) is 23.1. The van der Waals surface area contributed by atoms with Crippen molar-refractivity contribution in [3.8, 4) is 5.75 Å². The highest BCUT2D eigenvalue weighted by Crippen LogP contribution is 2.22. The van der Waals surface area contributed by atoms with Crippen molar-refractivity contribution in [3.63, 3.8) is 0 Å². The van der Waals surface area contributed by atoms with Gasteiger partial charge in [0.25, 0.3) is 0 Å². The number of aryl methyl sites for hydroxylation is 1. The molecule has 0 heterocycles. The smallest absolute Gasteiger partial charge is 0.243 e. The normalized spacial score (nSPS) is 14.4. The van der Waals surface area contributed by atoms with E-state index in [0.29, 0.717) is 18.7 Å². The first-order valence-corrected chi connectivity index (χ1v) is 15.1. The van der Waals surface area contributed by atoms with Gasteiger partial charge in [0.15, 0.2) is 0 Å². The lowest BCUT2D eigenvalue weighted by atomic mass is 9.94. The summed E-state index contributed by atoms with van der Waals surface area (Å²) in [5.41, 5.74) is 4.39. The number of amides is 2. The Labute approximate surface area is 237 Å². The average molecular weight is 545 g/mol. The Morgan fingerprint density at radius 1 is 0.923 bits per heavy atom. The molecule has 1 aliphatic carbocycles. The van der Waals surface area contributed by atoms with Crippen molar-refractivity contribution in [1.82, 2.24) is 10.2 Å². The van der Waals surface area contributed by atoms with Gasteiger partial charge < -0.3 is 15.0 Å². The maximum Gasteiger partial charge on any atom is 0.243 e. The molecule has 206 valence electrons. The van der Waals surface area contributed by atoms with E-state index in [2.05, 4.69) is 36.5 Å². The van der Waals surface area contributed by atoms with Crippen LogP contribution in [0.4, 0.5) is 0 Å². The molecule has 0 aromatic heterocycles. The lowest BCUT2D eigenvalue weighted by molar-refractivity contribution is -0.139. The van der Waals surface area contributed by atoms with Crippen LogP contribution in [-0.4, -0.2) is 41.7 Å². The molecule has 1 unspecified atom stereocenters. The number of carbonyl (C=O) groups excluding carboxylic acids is 2. The number of hydrogen-bond donors (Lipinski definition) is 1. The Bertz CT molecular complexity index is 1190. The number of ether oxygens (including phenoxy) is 1. The van der Waals surface area contributed by atoms with Crippen molar-refractivity contribution in [1.29, 1.82) is 0 Å². The van der Waals surface area contributed by atoms with E-state index < -0.39 is 6.04 Å². The van der Waals surface area contributed by atoms with Gasteiger partial charge in [-0.15, -0.1) is 11.8 Å². The molecule has 1 aliphatic rings. The van der Waals surface area contributed by atoms with Crippen LogP contribution in [0.5, 0.6) is 5.75 Å². The topological polar surface area (TPSA) is 58.6 Å². The fourth-order valence-corrected chi connectivity index (χ4v) is 5.96. The summed E-state index contributed by atoms with van der Waals surface area (Å²) in [6, 6.07) is 25.7. The van der Waals surface area contributed by atoms with Gasteiger partial charge in [0.2, 0.25) is 11.8 Å². The average Bonchev–Trinajstić information content (AvgIpc) is 2.97. The fourth-order valence-electron chi connectivity index (χ4n) is 5.09. The van der Waals surface area contributed by atoms with E-state index in [0.717, 1.165) is 48.3 Å². The van der Waals surface area contributed by atoms with Crippen LogP contribution in [0.15, 0.2) is 78.9 Å². The molecule has 1 fully saturated rings. The van der Waals surface area contributed by atoms with E-state index in [1.807, 2.05) is 54.6 Å². The van der Waals surface area contributed by atoms with Gasteiger partial charge in [0.1, 0.15) is 11.8 Å². The summed E-state index contributed by atoms with van der Waals surface area (Å²) >= 11 is 1.59. The van der Waals surface area contributed by atoms with E-state index in [1.165, 1.54) is 17.5 Å². The van der Waals surface area contributed by atoms with E-state index in [9.17, 15) is 9.59 Å². The van der Waals surface area contributed by atoms with Crippen molar-refractivity contribution in [3.05, 3.63) is 101 Å². The Hall–Kier alpha value is -3.25. The Morgan fingerprint density at radius 3 is 2.36 bits per heavy atom. The highest BCUT2D eigenvalue weighted by molar-refractivity contribution is 7.99. The predicted molar refractivity (Wildman–Crippen MR) is 160 cm³/mol. The number of nitrogens with zero attached hydrogens (tertiary/aromatic N) is 1. The molecule has 3 aromatic carbocycles. The highest BCUT2D eigenvalue weighted by Gasteiger charge is 2.32. The van der Waals surface area contributed by atoms with Gasteiger partial charge in [-0.3, -0.25) is 9.59 Å². The lowest BCUT2D eigenvalue weighted by Gasteiger charge is -2.33. The molecule has 6 heteroatoms. The zero-order chi connectivity index (χ0) is 27.5. The molecule has 1 N–H and O–H groups in total. The van der Waals surface area contributed by atoms with Gasteiger partial charge in [-0.1, -0.05) is 91.6 Å². The molecule has 0 aliphatic heterocycles. The first kappa shape index (κ1) is 28.8. The van der Waals surface area contributed by atoms with E-state index >= 15 is 0 Å². The van der Waals surface area contributed by atoms with Crippen molar-refractivity contribution >= 4 is 23.6 Å². The molecule has 1 atom stereocenters. The highest BCUT2D eigenvalue weighted by atomic mass is 32.2. The van der Waals surface area contributed by atoms with Crippen molar-refractivity contribution in [2.45, 2.75) is 69.8 Å². The second-order valence-electron chi connectivity index (χ2n) is 10.4. The Kier molecular flexibility index (Phi) is 10.9. The van der Waals surface area contributed by atoms with Crippen LogP contribution in [0.2, 0.25) is 0 Å². The third-order valence-electron chi connectivity index (χ3n) is 7.32. The molecule has 2 amide bonds. The van der Waals surface area contributed by atoms with Crippen molar-refractivity contribution < 1.29 is 14.3 Å². The number of carbonyl (C=O) groups is 2. The molecule has 0 radical (unpaired) electrons. The van der Waals surface area contributed by atoms with Crippen LogP contribution in [-0.2, 0) is 28.3 Å². The molecule has 0 bridgehead atoms. The molecule has 3 aromatic rings. The van der Waals surface area contributed by atoms with E-state index in [1.54, 1.807) is 23.8 Å². The summed E-state index contributed by atoms with van der Waals surface area (Å²) in [5, 5.41) is 3.31.